The number of aromatic nitrogens is 1. The normalized spacial score (nSPS) is 13.3. The number of phenolic OH excluding ortho intramolecular Hbond substituents is 1. The van der Waals surface area contributed by atoms with Gasteiger partial charge in [0.05, 0.1) is 6.54 Å². The van der Waals surface area contributed by atoms with Gasteiger partial charge in [0.1, 0.15) is 23.9 Å². The van der Waals surface area contributed by atoms with Crippen molar-refractivity contribution in [1.82, 2.24) is 20.9 Å². The second-order valence-corrected chi connectivity index (χ2v) is 9.99. The lowest BCUT2D eigenvalue weighted by atomic mass is 10.0. The summed E-state index contributed by atoms with van der Waals surface area (Å²) < 4.78 is 0. The van der Waals surface area contributed by atoms with Crippen molar-refractivity contribution in [1.29, 1.82) is 0 Å². The topological polar surface area (TPSA) is 187 Å². The molecule has 0 fully saturated rings. The van der Waals surface area contributed by atoms with Gasteiger partial charge in [0, 0.05) is 29.9 Å². The van der Waals surface area contributed by atoms with Crippen LogP contribution in [0.1, 0.15) is 17.5 Å². The highest BCUT2D eigenvalue weighted by atomic mass is 32.2. The number of aromatic amines is 1. The van der Waals surface area contributed by atoms with E-state index in [1.165, 1.54) is 23.9 Å². The molecule has 3 rings (SSSR count). The first-order chi connectivity index (χ1) is 18.7. The summed E-state index contributed by atoms with van der Waals surface area (Å²) in [7, 11) is 0. The van der Waals surface area contributed by atoms with Gasteiger partial charge in [0.15, 0.2) is 0 Å². The van der Waals surface area contributed by atoms with Gasteiger partial charge in [0.2, 0.25) is 17.7 Å². The van der Waals surface area contributed by atoms with E-state index in [-0.39, 0.29) is 31.6 Å². The summed E-state index contributed by atoms with van der Waals surface area (Å²) >= 11 is 1.45. The van der Waals surface area contributed by atoms with Crippen molar-refractivity contribution in [3.05, 3.63) is 65.9 Å². The number of carbonyl (C=O) groups is 4. The number of aliphatic carboxylic acids is 1. The molecule has 208 valence electrons. The molecule has 0 radical (unpaired) electrons. The van der Waals surface area contributed by atoms with Gasteiger partial charge in [-0.25, -0.2) is 4.79 Å². The molecule has 12 heteroatoms. The van der Waals surface area contributed by atoms with Crippen molar-refractivity contribution in [2.45, 2.75) is 37.4 Å². The number of amides is 3. The number of carboxylic acid groups (broad SMARTS) is 1. The van der Waals surface area contributed by atoms with Crippen molar-refractivity contribution < 1.29 is 29.4 Å². The molecule has 39 heavy (non-hydrogen) atoms. The number of carbonyl (C=O) groups excluding carboxylic acids is 3. The standard InChI is InChI=1S/C27H33N5O6S/c1-39-11-10-21(27(37)38)31-25(35)22(12-16-6-8-18(33)9-7-16)32-26(36)23(30-24(34)14-28)13-17-15-29-20-5-3-2-4-19(17)20/h2-9,15,21-23,29,33H,10-14,28H2,1H3,(H,30,34)(H,31,35)(H,32,36)(H,37,38). The number of hydrogen-bond donors (Lipinski definition) is 7. The number of nitrogens with two attached hydrogens (primary N) is 1. The van der Waals surface area contributed by atoms with Crippen LogP contribution >= 0.6 is 11.8 Å². The second-order valence-electron chi connectivity index (χ2n) is 9.00. The molecular weight excluding hydrogens is 522 g/mol. The largest absolute Gasteiger partial charge is 0.508 e. The molecule has 0 aliphatic rings. The van der Waals surface area contributed by atoms with Crippen LogP contribution in [-0.4, -0.2) is 75.6 Å². The Kier molecular flexibility index (Phi) is 10.8. The molecule has 3 unspecified atom stereocenters. The van der Waals surface area contributed by atoms with Crippen LogP contribution in [0, 0.1) is 0 Å². The molecule has 3 aromatic rings. The van der Waals surface area contributed by atoms with Crippen LogP contribution in [0.5, 0.6) is 5.75 Å². The Labute approximate surface area is 229 Å². The summed E-state index contributed by atoms with van der Waals surface area (Å²) in [6.45, 7) is -0.329. The predicted molar refractivity (Wildman–Crippen MR) is 149 cm³/mol. The zero-order valence-corrected chi connectivity index (χ0v) is 22.3. The summed E-state index contributed by atoms with van der Waals surface area (Å²) in [5.41, 5.74) is 7.76. The van der Waals surface area contributed by atoms with Gasteiger partial charge in [-0.3, -0.25) is 14.4 Å². The van der Waals surface area contributed by atoms with E-state index in [9.17, 15) is 29.4 Å². The van der Waals surface area contributed by atoms with Crippen LogP contribution in [0.15, 0.2) is 54.7 Å². The van der Waals surface area contributed by atoms with Crippen molar-refractivity contribution in [2.24, 2.45) is 5.73 Å². The molecule has 0 saturated carbocycles. The minimum absolute atomic E-state index is 0.0252. The van der Waals surface area contributed by atoms with Gasteiger partial charge in [-0.15, -0.1) is 0 Å². The maximum atomic E-state index is 13.5. The molecule has 3 amide bonds. The smallest absolute Gasteiger partial charge is 0.326 e. The first-order valence-electron chi connectivity index (χ1n) is 12.4. The van der Waals surface area contributed by atoms with Gasteiger partial charge in [0.25, 0.3) is 0 Å². The third-order valence-electron chi connectivity index (χ3n) is 6.17. The van der Waals surface area contributed by atoms with E-state index in [2.05, 4.69) is 20.9 Å². The number of H-pyrrole nitrogens is 1. The van der Waals surface area contributed by atoms with E-state index in [0.717, 1.165) is 16.5 Å². The quantitative estimate of drug-likeness (QED) is 0.153. The Morgan fingerprint density at radius 3 is 2.21 bits per heavy atom. The molecule has 3 atom stereocenters. The average Bonchev–Trinajstić information content (AvgIpc) is 3.33. The molecule has 0 spiro atoms. The van der Waals surface area contributed by atoms with E-state index >= 15 is 0 Å². The number of nitrogens with one attached hydrogen (secondary N) is 4. The number of hydrogen-bond acceptors (Lipinski definition) is 7. The number of phenols is 1. The van der Waals surface area contributed by atoms with Gasteiger partial charge >= 0.3 is 5.97 Å². The Hall–Kier alpha value is -4.03. The van der Waals surface area contributed by atoms with E-state index in [1.807, 2.05) is 30.5 Å². The van der Waals surface area contributed by atoms with Crippen LogP contribution in [0.2, 0.25) is 0 Å². The minimum atomic E-state index is -1.18. The predicted octanol–water partition coefficient (Wildman–Crippen LogP) is 0.910. The van der Waals surface area contributed by atoms with E-state index in [4.69, 9.17) is 5.73 Å². The highest BCUT2D eigenvalue weighted by Crippen LogP contribution is 2.19. The third-order valence-corrected chi connectivity index (χ3v) is 6.81. The monoisotopic (exact) mass is 555 g/mol. The lowest BCUT2D eigenvalue weighted by Crippen LogP contribution is -2.57. The van der Waals surface area contributed by atoms with Crippen molar-refractivity contribution in [3.63, 3.8) is 0 Å². The van der Waals surface area contributed by atoms with Crippen LogP contribution in [-0.2, 0) is 32.0 Å². The Balaban J connectivity index is 1.85. The molecule has 11 nitrogen and oxygen atoms in total. The Morgan fingerprint density at radius 2 is 1.56 bits per heavy atom. The maximum absolute atomic E-state index is 13.5. The second kappa shape index (κ2) is 14.2. The number of thioether (sulfide) groups is 1. The zero-order chi connectivity index (χ0) is 28.4. The number of benzene rings is 2. The fraction of sp³-hybridized carbons (Fsp3) is 0.333. The molecule has 0 aliphatic carbocycles. The fourth-order valence-electron chi connectivity index (χ4n) is 4.10. The first kappa shape index (κ1) is 29.5. The van der Waals surface area contributed by atoms with Crippen molar-refractivity contribution in [3.8, 4) is 5.75 Å². The molecule has 8 N–H and O–H groups in total. The van der Waals surface area contributed by atoms with E-state index in [0.29, 0.717) is 11.3 Å². The molecule has 2 aromatic carbocycles. The van der Waals surface area contributed by atoms with Crippen LogP contribution in [0.25, 0.3) is 10.9 Å². The third kappa shape index (κ3) is 8.48. The fourth-order valence-corrected chi connectivity index (χ4v) is 4.57. The summed E-state index contributed by atoms with van der Waals surface area (Å²) in [5.74, 6) is -2.48. The van der Waals surface area contributed by atoms with Crippen LogP contribution in [0.4, 0.5) is 0 Å². The number of rotatable bonds is 14. The van der Waals surface area contributed by atoms with E-state index in [1.54, 1.807) is 18.3 Å². The molecule has 0 aliphatic heterocycles. The van der Waals surface area contributed by atoms with Gasteiger partial charge in [-0.1, -0.05) is 30.3 Å². The molecule has 1 heterocycles. The van der Waals surface area contributed by atoms with Gasteiger partial charge < -0.3 is 36.9 Å². The summed E-state index contributed by atoms with van der Waals surface area (Å²) in [5, 5.41) is 27.9. The molecule has 0 bridgehead atoms. The average molecular weight is 556 g/mol. The minimum Gasteiger partial charge on any atom is -0.508 e. The summed E-state index contributed by atoms with van der Waals surface area (Å²) in [6.07, 6.45) is 3.94. The van der Waals surface area contributed by atoms with Gasteiger partial charge in [-0.05, 0) is 47.8 Å². The summed E-state index contributed by atoms with van der Waals surface area (Å²) in [6, 6.07) is 10.3. The highest BCUT2D eigenvalue weighted by molar-refractivity contribution is 7.98. The van der Waals surface area contributed by atoms with Gasteiger partial charge in [-0.2, -0.15) is 11.8 Å². The van der Waals surface area contributed by atoms with Crippen molar-refractivity contribution in [2.75, 3.05) is 18.6 Å². The first-order valence-corrected chi connectivity index (χ1v) is 13.8. The van der Waals surface area contributed by atoms with Crippen LogP contribution in [0.3, 0.4) is 0 Å². The highest BCUT2D eigenvalue weighted by Gasteiger charge is 2.30. The SMILES string of the molecule is CSCCC(NC(=O)C(Cc1ccc(O)cc1)NC(=O)C(Cc1c[nH]c2ccccc12)NC(=O)CN)C(=O)O. The summed E-state index contributed by atoms with van der Waals surface area (Å²) in [4.78, 5) is 53.8. The molecule has 0 saturated heterocycles. The van der Waals surface area contributed by atoms with Crippen LogP contribution < -0.4 is 21.7 Å². The number of aromatic hydroxyl groups is 1. The lowest BCUT2D eigenvalue weighted by molar-refractivity contribution is -0.142. The Morgan fingerprint density at radius 1 is 0.923 bits per heavy atom. The Bertz CT molecular complexity index is 1300. The zero-order valence-electron chi connectivity index (χ0n) is 21.5. The lowest BCUT2D eigenvalue weighted by Gasteiger charge is -2.24. The van der Waals surface area contributed by atoms with Crippen molar-refractivity contribution >= 4 is 46.4 Å². The number of fused-ring (bicyclic) bond motifs is 1. The number of para-hydroxylation sites is 1. The number of carboxylic acids is 1. The van der Waals surface area contributed by atoms with E-state index < -0.39 is 41.8 Å². The molecule has 1 aromatic heterocycles. The maximum Gasteiger partial charge on any atom is 0.326 e. The molecular formula is C27H33N5O6S.